The molecule has 2 aromatic heterocycles. The van der Waals surface area contributed by atoms with Gasteiger partial charge < -0.3 is 19.5 Å². The number of pyridine rings is 1. The van der Waals surface area contributed by atoms with Gasteiger partial charge in [0, 0.05) is 25.4 Å². The van der Waals surface area contributed by atoms with Crippen molar-refractivity contribution in [3.63, 3.8) is 0 Å². The summed E-state index contributed by atoms with van der Waals surface area (Å²) in [5.74, 6) is -1.46. The van der Waals surface area contributed by atoms with Crippen LogP contribution in [0.15, 0.2) is 23.4 Å². The van der Waals surface area contributed by atoms with Gasteiger partial charge in [0.05, 0.1) is 42.8 Å². The van der Waals surface area contributed by atoms with Crippen molar-refractivity contribution in [3.8, 4) is 0 Å². The van der Waals surface area contributed by atoms with Gasteiger partial charge in [0.15, 0.2) is 0 Å². The first-order chi connectivity index (χ1) is 14.7. The molecule has 0 unspecified atom stereocenters. The van der Waals surface area contributed by atoms with E-state index in [-0.39, 0.29) is 22.9 Å². The number of anilines is 1. The number of fused-ring (bicyclic) bond motifs is 1. The zero-order valence-electron chi connectivity index (χ0n) is 17.9. The third-order valence-electron chi connectivity index (χ3n) is 5.98. The molecule has 0 aromatic carbocycles. The Kier molecular flexibility index (Phi) is 5.71. The van der Waals surface area contributed by atoms with Crippen molar-refractivity contribution in [2.45, 2.75) is 55.7 Å². The minimum absolute atomic E-state index is 0.00643. The number of ether oxygens (including phenoxy) is 2. The number of sulfonamides is 1. The Labute approximate surface area is 181 Å². The van der Waals surface area contributed by atoms with E-state index in [2.05, 4.69) is 14.6 Å². The third kappa shape index (κ3) is 4.27. The van der Waals surface area contributed by atoms with E-state index >= 15 is 0 Å². The molecule has 0 bridgehead atoms. The number of nitrogens with one attached hydrogen (secondary N) is 1. The van der Waals surface area contributed by atoms with Crippen LogP contribution in [0.4, 0.5) is 5.69 Å². The molecule has 31 heavy (non-hydrogen) atoms. The summed E-state index contributed by atoms with van der Waals surface area (Å²) in [6, 6.07) is 1.61. The molecule has 170 valence electrons. The van der Waals surface area contributed by atoms with Crippen LogP contribution in [-0.2, 0) is 19.5 Å². The molecule has 0 spiro atoms. The van der Waals surface area contributed by atoms with Gasteiger partial charge in [-0.25, -0.2) is 22.9 Å². The van der Waals surface area contributed by atoms with Crippen LogP contribution < -0.4 is 9.62 Å². The van der Waals surface area contributed by atoms with Crippen LogP contribution in [0, 0.1) is 0 Å². The second-order valence-electron chi connectivity index (χ2n) is 8.49. The molecule has 0 amide bonds. The monoisotopic (exact) mass is 452 g/mol. The maximum Gasteiger partial charge on any atom is 0.372 e. The molecule has 1 saturated heterocycles. The Bertz CT molecular complexity index is 1090. The van der Waals surface area contributed by atoms with E-state index in [0.717, 1.165) is 19.3 Å². The van der Waals surface area contributed by atoms with E-state index in [4.69, 9.17) is 9.47 Å². The zero-order chi connectivity index (χ0) is 22.4. The Balaban J connectivity index is 1.85. The minimum atomic E-state index is -3.85. The molecule has 0 radical (unpaired) electrons. The lowest BCUT2D eigenvalue weighted by atomic mass is 10.1. The van der Waals surface area contributed by atoms with Gasteiger partial charge in [-0.3, -0.25) is 4.40 Å². The first-order valence-electron chi connectivity index (χ1n) is 10.3. The number of carbonyl (C=O) groups is 1. The van der Waals surface area contributed by atoms with Gasteiger partial charge in [-0.2, -0.15) is 0 Å². The molecule has 10 nitrogen and oxygen atoms in total. The zero-order valence-corrected chi connectivity index (χ0v) is 18.7. The standard InChI is InChI=1S/C20H28N4O6S/c1-4-13-11-30-14(12-29-3)9-23(13)16-7-15(31(27,28)22-20(2)5-6-20)10-24-17(16)8-21-18(24)19(25)26/h7-8,10,13-14,22H,4-6,9,11-12H2,1-3H3,(H,25,26)/t13-,14+/m0/s1. The summed E-state index contributed by atoms with van der Waals surface area (Å²) in [5.41, 5.74) is 0.693. The molecule has 2 N–H and O–H groups in total. The van der Waals surface area contributed by atoms with Gasteiger partial charge in [-0.15, -0.1) is 0 Å². The van der Waals surface area contributed by atoms with Crippen molar-refractivity contribution in [2.75, 3.05) is 31.8 Å². The maximum atomic E-state index is 13.1. The predicted octanol–water partition coefficient (Wildman–Crippen LogP) is 1.49. The number of hydrogen-bond donors (Lipinski definition) is 2. The molecular formula is C20H28N4O6S. The molecule has 1 aliphatic carbocycles. The van der Waals surface area contributed by atoms with Gasteiger partial charge in [-0.05, 0) is 32.3 Å². The highest BCUT2D eigenvalue weighted by molar-refractivity contribution is 7.89. The number of rotatable bonds is 8. The second-order valence-corrected chi connectivity index (χ2v) is 10.2. The quantitative estimate of drug-likeness (QED) is 0.618. The Morgan fingerprint density at radius 2 is 2.19 bits per heavy atom. The smallest absolute Gasteiger partial charge is 0.372 e. The number of hydrogen-bond acceptors (Lipinski definition) is 7. The summed E-state index contributed by atoms with van der Waals surface area (Å²) in [6.45, 7) is 5.24. The SMILES string of the molecule is CC[C@H]1CO[C@@H](COC)CN1c1cc(S(=O)(=O)NC2(C)CC2)cn2c(C(=O)O)ncc12. The number of nitrogens with zero attached hydrogens (tertiary/aromatic N) is 3. The van der Waals surface area contributed by atoms with E-state index in [9.17, 15) is 18.3 Å². The number of carboxylic acids is 1. The van der Waals surface area contributed by atoms with Crippen molar-refractivity contribution in [3.05, 3.63) is 24.3 Å². The average Bonchev–Trinajstić information content (AvgIpc) is 3.26. The summed E-state index contributed by atoms with van der Waals surface area (Å²) < 4.78 is 41.5. The highest BCUT2D eigenvalue weighted by Crippen LogP contribution is 2.37. The minimum Gasteiger partial charge on any atom is -0.475 e. The van der Waals surface area contributed by atoms with Crippen LogP contribution in [0.5, 0.6) is 0 Å². The third-order valence-corrected chi connectivity index (χ3v) is 7.58. The van der Waals surface area contributed by atoms with Crippen molar-refractivity contribution >= 4 is 27.2 Å². The number of imidazole rings is 1. The number of morpholine rings is 1. The maximum absolute atomic E-state index is 13.1. The fraction of sp³-hybridized carbons (Fsp3) is 0.600. The highest BCUT2D eigenvalue weighted by atomic mass is 32.2. The van der Waals surface area contributed by atoms with Crippen molar-refractivity contribution in [2.24, 2.45) is 0 Å². The number of methoxy groups -OCH3 is 1. The van der Waals surface area contributed by atoms with E-state index < -0.39 is 21.5 Å². The molecule has 2 aliphatic rings. The lowest BCUT2D eigenvalue weighted by molar-refractivity contribution is -0.0249. The lowest BCUT2D eigenvalue weighted by Gasteiger charge is -2.41. The number of aromatic nitrogens is 2. The van der Waals surface area contributed by atoms with Gasteiger partial charge in [0.25, 0.3) is 0 Å². The van der Waals surface area contributed by atoms with Gasteiger partial charge >= 0.3 is 5.97 Å². The highest BCUT2D eigenvalue weighted by Gasteiger charge is 2.42. The second kappa shape index (κ2) is 8.05. The molecule has 2 atom stereocenters. The Morgan fingerprint density at radius 1 is 1.45 bits per heavy atom. The van der Waals surface area contributed by atoms with Crippen LogP contribution >= 0.6 is 0 Å². The molecule has 1 aliphatic heterocycles. The summed E-state index contributed by atoms with van der Waals surface area (Å²) >= 11 is 0. The van der Waals surface area contributed by atoms with Crippen LogP contribution in [0.2, 0.25) is 0 Å². The average molecular weight is 453 g/mol. The summed E-state index contributed by atoms with van der Waals surface area (Å²) in [5, 5.41) is 9.57. The summed E-state index contributed by atoms with van der Waals surface area (Å²) in [7, 11) is -2.25. The van der Waals surface area contributed by atoms with E-state index in [0.29, 0.717) is 31.0 Å². The van der Waals surface area contributed by atoms with Crippen LogP contribution in [0.3, 0.4) is 0 Å². The Morgan fingerprint density at radius 3 is 2.81 bits per heavy atom. The predicted molar refractivity (Wildman–Crippen MR) is 113 cm³/mol. The van der Waals surface area contributed by atoms with Gasteiger partial charge in [0.2, 0.25) is 15.8 Å². The molecular weight excluding hydrogens is 424 g/mol. The lowest BCUT2D eigenvalue weighted by Crippen LogP contribution is -2.51. The normalized spacial score (nSPS) is 23.3. The van der Waals surface area contributed by atoms with E-state index in [1.165, 1.54) is 16.8 Å². The molecule has 2 aromatic rings. The van der Waals surface area contributed by atoms with Gasteiger partial charge in [0.1, 0.15) is 4.90 Å². The molecule has 11 heteroatoms. The number of aromatic carboxylic acids is 1. The van der Waals surface area contributed by atoms with Gasteiger partial charge in [-0.1, -0.05) is 6.92 Å². The molecule has 2 fully saturated rings. The fourth-order valence-corrected chi connectivity index (χ4v) is 5.42. The fourth-order valence-electron chi connectivity index (χ4n) is 3.94. The van der Waals surface area contributed by atoms with Crippen molar-refractivity contribution < 1.29 is 27.8 Å². The van der Waals surface area contributed by atoms with Crippen LogP contribution in [0.1, 0.15) is 43.7 Å². The van der Waals surface area contributed by atoms with Crippen LogP contribution in [0.25, 0.3) is 5.52 Å². The number of carboxylic acid groups (broad SMARTS) is 1. The molecule has 3 heterocycles. The molecule has 1 saturated carbocycles. The molecule has 4 rings (SSSR count). The largest absolute Gasteiger partial charge is 0.475 e. The Hall–Kier alpha value is -2.21. The first-order valence-corrected chi connectivity index (χ1v) is 11.8. The van der Waals surface area contributed by atoms with Crippen LogP contribution in [-0.4, -0.2) is 73.4 Å². The topological polar surface area (TPSA) is 122 Å². The summed E-state index contributed by atoms with van der Waals surface area (Å²) in [6.07, 6.45) is 4.94. The van der Waals surface area contributed by atoms with E-state index in [1.54, 1.807) is 13.2 Å². The van der Waals surface area contributed by atoms with Crippen molar-refractivity contribution in [1.29, 1.82) is 0 Å². The summed E-state index contributed by atoms with van der Waals surface area (Å²) in [4.78, 5) is 17.8. The van der Waals surface area contributed by atoms with E-state index in [1.807, 2.05) is 13.8 Å². The van der Waals surface area contributed by atoms with Crippen molar-refractivity contribution in [1.82, 2.24) is 14.1 Å². The first kappa shape index (κ1) is 22.0.